The molecule has 4 nitrogen and oxygen atoms in total. The van der Waals surface area contributed by atoms with Crippen molar-refractivity contribution in [3.05, 3.63) is 71.8 Å². The van der Waals surface area contributed by atoms with Crippen LogP contribution in [0.5, 0.6) is 5.75 Å². The number of hydrogen-bond donors (Lipinski definition) is 2. The Morgan fingerprint density at radius 1 is 1.04 bits per heavy atom. The molecule has 25 heavy (non-hydrogen) atoms. The maximum absolute atomic E-state index is 12.0. The number of benzene rings is 3. The first-order valence-electron chi connectivity index (χ1n) is 7.59. The van der Waals surface area contributed by atoms with Gasteiger partial charge in [-0.05, 0) is 41.9 Å². The molecule has 0 aromatic heterocycles. The molecule has 0 saturated carbocycles. The van der Waals surface area contributed by atoms with Crippen LogP contribution >= 0.6 is 23.8 Å². The van der Waals surface area contributed by atoms with E-state index in [0.717, 1.165) is 10.8 Å². The second kappa shape index (κ2) is 7.96. The quantitative estimate of drug-likeness (QED) is 0.669. The van der Waals surface area contributed by atoms with Gasteiger partial charge in [-0.2, -0.15) is 0 Å². The van der Waals surface area contributed by atoms with Crippen molar-refractivity contribution in [3.63, 3.8) is 0 Å². The zero-order valence-electron chi connectivity index (χ0n) is 13.2. The highest BCUT2D eigenvalue weighted by Crippen LogP contribution is 2.24. The fraction of sp³-hybridized carbons (Fsp3) is 0.0526. The minimum atomic E-state index is -0.340. The lowest BCUT2D eigenvalue weighted by atomic mass is 10.1. The molecule has 3 aromatic rings. The molecule has 0 unspecified atom stereocenters. The van der Waals surface area contributed by atoms with Crippen molar-refractivity contribution in [2.45, 2.75) is 0 Å². The lowest BCUT2D eigenvalue weighted by molar-refractivity contribution is -0.121. The highest BCUT2D eigenvalue weighted by atomic mass is 35.5. The molecule has 0 aliphatic rings. The van der Waals surface area contributed by atoms with E-state index in [1.807, 2.05) is 42.5 Å². The fourth-order valence-corrected chi connectivity index (χ4v) is 2.78. The first kappa shape index (κ1) is 17.2. The summed E-state index contributed by atoms with van der Waals surface area (Å²) in [5.74, 6) is 0.314. The number of nitrogens with one attached hydrogen (secondary N) is 2. The van der Waals surface area contributed by atoms with E-state index in [4.69, 9.17) is 28.6 Å². The van der Waals surface area contributed by atoms with Gasteiger partial charge < -0.3 is 10.1 Å². The van der Waals surface area contributed by atoms with Crippen molar-refractivity contribution in [1.82, 2.24) is 5.32 Å². The number of rotatable bonds is 4. The lowest BCUT2D eigenvalue weighted by Gasteiger charge is -2.11. The van der Waals surface area contributed by atoms with E-state index in [-0.39, 0.29) is 17.6 Å². The topological polar surface area (TPSA) is 50.4 Å². The van der Waals surface area contributed by atoms with Crippen LogP contribution in [0.2, 0.25) is 5.02 Å². The van der Waals surface area contributed by atoms with Crippen LogP contribution in [0.4, 0.5) is 5.69 Å². The normalized spacial score (nSPS) is 10.3. The van der Waals surface area contributed by atoms with Crippen LogP contribution in [0.3, 0.4) is 0 Å². The number of amides is 1. The van der Waals surface area contributed by atoms with Crippen LogP contribution < -0.4 is 15.4 Å². The number of halogens is 1. The largest absolute Gasteiger partial charge is 0.483 e. The number of carbonyl (C=O) groups excluding carboxylic acids is 1. The van der Waals surface area contributed by atoms with Gasteiger partial charge in [0.15, 0.2) is 11.7 Å². The molecule has 0 bridgehead atoms. The zero-order chi connectivity index (χ0) is 17.6. The number of anilines is 1. The Hall–Kier alpha value is -2.63. The van der Waals surface area contributed by atoms with E-state index in [0.29, 0.717) is 16.5 Å². The van der Waals surface area contributed by atoms with Crippen LogP contribution in [0.1, 0.15) is 0 Å². The lowest BCUT2D eigenvalue weighted by Crippen LogP contribution is -2.37. The molecule has 0 fully saturated rings. The Morgan fingerprint density at radius 3 is 2.64 bits per heavy atom. The molecule has 3 rings (SSSR count). The molecule has 0 atom stereocenters. The van der Waals surface area contributed by atoms with Crippen LogP contribution in [-0.4, -0.2) is 17.6 Å². The first-order valence-corrected chi connectivity index (χ1v) is 8.37. The van der Waals surface area contributed by atoms with Crippen LogP contribution in [-0.2, 0) is 4.79 Å². The average molecular weight is 371 g/mol. The summed E-state index contributed by atoms with van der Waals surface area (Å²) in [6.07, 6.45) is 0. The fourth-order valence-electron chi connectivity index (χ4n) is 2.36. The SMILES string of the molecule is O=C(COc1cccc2ccccc12)NC(=S)Nc1cccc(Cl)c1. The molecule has 0 aliphatic carbocycles. The van der Waals surface area contributed by atoms with Gasteiger partial charge in [-0.3, -0.25) is 10.1 Å². The first-order chi connectivity index (χ1) is 12.1. The summed E-state index contributed by atoms with van der Waals surface area (Å²) in [5, 5.41) is 8.26. The van der Waals surface area contributed by atoms with Gasteiger partial charge in [-0.25, -0.2) is 0 Å². The number of carbonyl (C=O) groups is 1. The van der Waals surface area contributed by atoms with Gasteiger partial charge in [0.25, 0.3) is 5.91 Å². The van der Waals surface area contributed by atoms with Crippen LogP contribution in [0.25, 0.3) is 10.8 Å². The van der Waals surface area contributed by atoms with Gasteiger partial charge >= 0.3 is 0 Å². The summed E-state index contributed by atoms with van der Waals surface area (Å²) >= 11 is 11.0. The zero-order valence-corrected chi connectivity index (χ0v) is 14.7. The number of hydrogen-bond acceptors (Lipinski definition) is 3. The van der Waals surface area contributed by atoms with Crippen molar-refractivity contribution in [2.75, 3.05) is 11.9 Å². The monoisotopic (exact) mass is 370 g/mol. The Labute approximate surface area is 155 Å². The maximum atomic E-state index is 12.0. The molecule has 1 amide bonds. The van der Waals surface area contributed by atoms with Crippen LogP contribution in [0, 0.1) is 0 Å². The summed E-state index contributed by atoms with van der Waals surface area (Å²) in [6, 6.07) is 20.6. The van der Waals surface area contributed by atoms with E-state index in [2.05, 4.69) is 10.6 Å². The Balaban J connectivity index is 1.56. The van der Waals surface area contributed by atoms with Crippen molar-refractivity contribution in [2.24, 2.45) is 0 Å². The number of fused-ring (bicyclic) bond motifs is 1. The van der Waals surface area contributed by atoms with Gasteiger partial charge in [0.1, 0.15) is 5.75 Å². The Bertz CT molecular complexity index is 925. The van der Waals surface area contributed by atoms with Crippen molar-refractivity contribution >= 4 is 51.3 Å². The Kier molecular flexibility index (Phi) is 5.48. The van der Waals surface area contributed by atoms with E-state index in [1.165, 1.54) is 0 Å². The second-order valence-corrected chi connectivity index (χ2v) is 6.12. The number of ether oxygens (including phenoxy) is 1. The second-order valence-electron chi connectivity index (χ2n) is 5.28. The molecular weight excluding hydrogens is 356 g/mol. The van der Waals surface area contributed by atoms with E-state index >= 15 is 0 Å². The van der Waals surface area contributed by atoms with Gasteiger partial charge in [0.05, 0.1) is 0 Å². The van der Waals surface area contributed by atoms with Crippen LogP contribution in [0.15, 0.2) is 66.7 Å². The highest BCUT2D eigenvalue weighted by molar-refractivity contribution is 7.80. The van der Waals surface area contributed by atoms with Crippen molar-refractivity contribution in [1.29, 1.82) is 0 Å². The molecule has 126 valence electrons. The molecule has 0 saturated heterocycles. The minimum absolute atomic E-state index is 0.134. The third-order valence-electron chi connectivity index (χ3n) is 3.44. The average Bonchev–Trinajstić information content (AvgIpc) is 2.59. The van der Waals surface area contributed by atoms with E-state index in [9.17, 15) is 4.79 Å². The van der Waals surface area contributed by atoms with Gasteiger partial charge in [0.2, 0.25) is 0 Å². The van der Waals surface area contributed by atoms with Gasteiger partial charge in [-0.15, -0.1) is 0 Å². The standard InChI is InChI=1S/C19H15ClN2O2S/c20-14-7-4-8-15(11-14)21-19(25)22-18(23)12-24-17-10-3-6-13-5-1-2-9-16(13)17/h1-11H,12H2,(H2,21,22,23,25). The van der Waals surface area contributed by atoms with E-state index in [1.54, 1.807) is 24.3 Å². The summed E-state index contributed by atoms with van der Waals surface area (Å²) in [6.45, 7) is -0.134. The summed E-state index contributed by atoms with van der Waals surface area (Å²) in [4.78, 5) is 12.0. The van der Waals surface area contributed by atoms with Crippen molar-refractivity contribution in [3.8, 4) is 5.75 Å². The van der Waals surface area contributed by atoms with Crippen molar-refractivity contribution < 1.29 is 9.53 Å². The third-order valence-corrected chi connectivity index (χ3v) is 3.88. The smallest absolute Gasteiger partial charge is 0.264 e. The predicted molar refractivity (Wildman–Crippen MR) is 105 cm³/mol. The summed E-state index contributed by atoms with van der Waals surface area (Å²) in [7, 11) is 0. The molecule has 0 heterocycles. The molecule has 3 aromatic carbocycles. The molecule has 0 aliphatic heterocycles. The molecule has 0 radical (unpaired) electrons. The van der Waals surface area contributed by atoms with Gasteiger partial charge in [0, 0.05) is 16.1 Å². The van der Waals surface area contributed by atoms with Gasteiger partial charge in [-0.1, -0.05) is 54.1 Å². The molecule has 0 spiro atoms. The maximum Gasteiger partial charge on any atom is 0.264 e. The highest BCUT2D eigenvalue weighted by Gasteiger charge is 2.08. The minimum Gasteiger partial charge on any atom is -0.483 e. The predicted octanol–water partition coefficient (Wildman–Crippen LogP) is 4.39. The summed E-state index contributed by atoms with van der Waals surface area (Å²) in [5.41, 5.74) is 0.702. The summed E-state index contributed by atoms with van der Waals surface area (Å²) < 4.78 is 5.63. The Morgan fingerprint density at radius 2 is 1.80 bits per heavy atom. The van der Waals surface area contributed by atoms with E-state index < -0.39 is 0 Å². The number of thiocarbonyl (C=S) groups is 1. The molecule has 2 N–H and O–H groups in total. The molecular formula is C19H15ClN2O2S. The molecule has 6 heteroatoms. The third kappa shape index (κ3) is 4.68.